The fourth-order valence-corrected chi connectivity index (χ4v) is 4.76. The van der Waals surface area contributed by atoms with E-state index in [0.717, 1.165) is 43.1 Å². The summed E-state index contributed by atoms with van der Waals surface area (Å²) in [6.07, 6.45) is 3.68. The first-order valence-corrected chi connectivity index (χ1v) is 12.3. The van der Waals surface area contributed by atoms with Crippen molar-refractivity contribution in [3.8, 4) is 22.3 Å². The van der Waals surface area contributed by atoms with Gasteiger partial charge < -0.3 is 14.2 Å². The van der Waals surface area contributed by atoms with Crippen LogP contribution in [0.5, 0.6) is 11.8 Å². The Morgan fingerprint density at radius 1 is 1.08 bits per heavy atom. The molecule has 0 aliphatic carbocycles. The molecule has 5 rings (SSSR count). The minimum Gasteiger partial charge on any atom is -0.480 e. The summed E-state index contributed by atoms with van der Waals surface area (Å²) in [6, 6.07) is 9.29. The van der Waals surface area contributed by atoms with Crippen molar-refractivity contribution < 1.29 is 19.0 Å². The van der Waals surface area contributed by atoms with E-state index in [9.17, 15) is 4.79 Å². The van der Waals surface area contributed by atoms with Gasteiger partial charge in [-0.2, -0.15) is 0 Å². The van der Waals surface area contributed by atoms with Crippen LogP contribution in [0.4, 0.5) is 10.5 Å². The van der Waals surface area contributed by atoms with E-state index in [4.69, 9.17) is 19.2 Å². The lowest BCUT2D eigenvalue weighted by atomic mass is 10.1. The summed E-state index contributed by atoms with van der Waals surface area (Å²) in [5.41, 5.74) is 5.69. The molecule has 0 radical (unpaired) electrons. The fourth-order valence-electron chi connectivity index (χ4n) is 3.73. The van der Waals surface area contributed by atoms with Crippen LogP contribution in [-0.2, 0) is 4.74 Å². The second-order valence-corrected chi connectivity index (χ2v) is 9.41. The summed E-state index contributed by atoms with van der Waals surface area (Å²) in [4.78, 5) is 35.4. The molecule has 0 bridgehead atoms. The summed E-state index contributed by atoms with van der Waals surface area (Å²) in [7, 11) is 1.57. The van der Waals surface area contributed by atoms with E-state index in [1.807, 2.05) is 32.0 Å². The molecular weight excluding hydrogens is 492 g/mol. The zero-order valence-electron chi connectivity index (χ0n) is 20.7. The average molecular weight is 517 g/mol. The number of hydrogen-bond donors (Lipinski definition) is 1. The SMILES string of the molecule is COc1cnc2c(-c3nc4c(C)cc(OCC(C)OC(=O)Nc5cccnc5)nc4s3)cc(C)cc2n1. The lowest BCUT2D eigenvalue weighted by Gasteiger charge is -2.14. The minimum atomic E-state index is -0.582. The molecule has 0 saturated carbocycles. The highest BCUT2D eigenvalue weighted by Crippen LogP contribution is 2.36. The van der Waals surface area contributed by atoms with Crippen LogP contribution in [0.2, 0.25) is 0 Å². The van der Waals surface area contributed by atoms with Gasteiger partial charge in [-0.05, 0) is 56.2 Å². The average Bonchev–Trinajstić information content (AvgIpc) is 3.32. The van der Waals surface area contributed by atoms with E-state index in [0.29, 0.717) is 17.4 Å². The predicted molar refractivity (Wildman–Crippen MR) is 141 cm³/mol. The summed E-state index contributed by atoms with van der Waals surface area (Å²) in [6.45, 7) is 5.86. The molecule has 10 nitrogen and oxygen atoms in total. The maximum Gasteiger partial charge on any atom is 0.412 e. The maximum atomic E-state index is 12.1. The van der Waals surface area contributed by atoms with E-state index in [2.05, 4.69) is 25.3 Å². The second kappa shape index (κ2) is 10.3. The molecule has 0 aliphatic rings. The number of nitrogens with one attached hydrogen (secondary N) is 1. The van der Waals surface area contributed by atoms with E-state index in [1.165, 1.54) is 17.5 Å². The number of rotatable bonds is 7. The van der Waals surface area contributed by atoms with Gasteiger partial charge in [-0.3, -0.25) is 10.3 Å². The van der Waals surface area contributed by atoms with Crippen LogP contribution >= 0.6 is 11.3 Å². The van der Waals surface area contributed by atoms with Gasteiger partial charge >= 0.3 is 6.09 Å². The molecule has 4 heterocycles. The Labute approximate surface area is 216 Å². The summed E-state index contributed by atoms with van der Waals surface area (Å²) >= 11 is 1.46. The van der Waals surface area contributed by atoms with Gasteiger partial charge in [0.05, 0.1) is 36.2 Å². The second-order valence-electron chi connectivity index (χ2n) is 8.44. The Hall–Kier alpha value is -4.38. The number of aromatic nitrogens is 5. The van der Waals surface area contributed by atoms with Crippen molar-refractivity contribution in [3.63, 3.8) is 0 Å². The number of benzene rings is 1. The van der Waals surface area contributed by atoms with Gasteiger partial charge in [-0.1, -0.05) is 11.3 Å². The molecule has 1 N–H and O–H groups in total. The number of anilines is 1. The molecule has 188 valence electrons. The van der Waals surface area contributed by atoms with Gasteiger partial charge in [0, 0.05) is 17.8 Å². The van der Waals surface area contributed by atoms with Crippen LogP contribution in [0.25, 0.3) is 32.0 Å². The van der Waals surface area contributed by atoms with Gasteiger partial charge in [-0.25, -0.2) is 24.7 Å². The minimum absolute atomic E-state index is 0.143. The van der Waals surface area contributed by atoms with E-state index in [1.54, 1.807) is 38.6 Å². The molecule has 5 aromatic rings. The van der Waals surface area contributed by atoms with Gasteiger partial charge in [-0.15, -0.1) is 0 Å². The van der Waals surface area contributed by atoms with Crippen LogP contribution in [0.15, 0.2) is 48.9 Å². The Morgan fingerprint density at radius 2 is 1.95 bits per heavy atom. The van der Waals surface area contributed by atoms with Crippen molar-refractivity contribution in [2.75, 3.05) is 19.0 Å². The van der Waals surface area contributed by atoms with Crippen LogP contribution < -0.4 is 14.8 Å². The molecule has 37 heavy (non-hydrogen) atoms. The number of thiazole rings is 1. The number of amides is 1. The molecule has 0 saturated heterocycles. The molecule has 11 heteroatoms. The molecule has 0 aliphatic heterocycles. The number of methoxy groups -OCH3 is 1. The first kappa shape index (κ1) is 24.3. The standard InChI is InChI=1S/C26H24N6O4S/c1-14-8-18(23-19(9-14)30-21(34-4)12-28-23)24-32-22-15(2)10-20(31-25(22)37-24)35-13-16(3)36-26(33)29-17-6-5-7-27-11-17/h5-12,16H,13H2,1-4H3,(H,29,33). The highest BCUT2D eigenvalue weighted by molar-refractivity contribution is 7.21. The number of fused-ring (bicyclic) bond motifs is 2. The maximum absolute atomic E-state index is 12.1. The molecule has 1 amide bonds. The van der Waals surface area contributed by atoms with E-state index < -0.39 is 12.2 Å². The monoisotopic (exact) mass is 516 g/mol. The largest absolute Gasteiger partial charge is 0.480 e. The third-order valence-electron chi connectivity index (χ3n) is 5.43. The van der Waals surface area contributed by atoms with Crippen LogP contribution in [0.1, 0.15) is 18.1 Å². The normalized spacial score (nSPS) is 11.9. The number of nitrogens with zero attached hydrogens (tertiary/aromatic N) is 5. The van der Waals surface area contributed by atoms with Gasteiger partial charge in [0.1, 0.15) is 28.1 Å². The van der Waals surface area contributed by atoms with Crippen molar-refractivity contribution in [3.05, 3.63) is 60.0 Å². The van der Waals surface area contributed by atoms with Gasteiger partial charge in [0.15, 0.2) is 0 Å². The molecule has 1 unspecified atom stereocenters. The topological polar surface area (TPSA) is 121 Å². The van der Waals surface area contributed by atoms with Crippen LogP contribution in [0, 0.1) is 13.8 Å². The van der Waals surface area contributed by atoms with Crippen molar-refractivity contribution in [2.24, 2.45) is 0 Å². The van der Waals surface area contributed by atoms with Crippen molar-refractivity contribution in [1.82, 2.24) is 24.9 Å². The highest BCUT2D eigenvalue weighted by Gasteiger charge is 2.17. The number of hydrogen-bond acceptors (Lipinski definition) is 10. The molecule has 1 atom stereocenters. The lowest BCUT2D eigenvalue weighted by molar-refractivity contribution is 0.0842. The third-order valence-corrected chi connectivity index (χ3v) is 6.41. The molecule has 0 fully saturated rings. The van der Waals surface area contributed by atoms with Crippen LogP contribution in [-0.4, -0.2) is 50.8 Å². The molecule has 1 aromatic carbocycles. The number of carbonyl (C=O) groups is 1. The smallest absolute Gasteiger partial charge is 0.412 e. The number of aryl methyl sites for hydroxylation is 2. The first-order valence-electron chi connectivity index (χ1n) is 11.5. The Morgan fingerprint density at radius 3 is 2.73 bits per heavy atom. The Balaban J connectivity index is 1.33. The summed E-state index contributed by atoms with van der Waals surface area (Å²) in [5.74, 6) is 0.891. The number of ether oxygens (including phenoxy) is 3. The van der Waals surface area contributed by atoms with Crippen molar-refractivity contribution >= 4 is 44.5 Å². The van der Waals surface area contributed by atoms with Crippen LogP contribution in [0.3, 0.4) is 0 Å². The van der Waals surface area contributed by atoms with Gasteiger partial charge in [0.25, 0.3) is 0 Å². The summed E-state index contributed by atoms with van der Waals surface area (Å²) in [5, 5.41) is 3.42. The molecule has 0 spiro atoms. The Bertz CT molecular complexity index is 1590. The zero-order valence-corrected chi connectivity index (χ0v) is 21.5. The highest BCUT2D eigenvalue weighted by atomic mass is 32.1. The summed E-state index contributed by atoms with van der Waals surface area (Å²) < 4.78 is 16.4. The number of pyridine rings is 2. The predicted octanol–water partition coefficient (Wildman–Crippen LogP) is 5.34. The van der Waals surface area contributed by atoms with Gasteiger partial charge in [0.2, 0.25) is 11.8 Å². The Kier molecular flexibility index (Phi) is 6.78. The van der Waals surface area contributed by atoms with Crippen molar-refractivity contribution in [2.45, 2.75) is 26.9 Å². The fraction of sp³-hybridized carbons (Fsp3) is 0.231. The van der Waals surface area contributed by atoms with E-state index >= 15 is 0 Å². The molecule has 4 aromatic heterocycles. The lowest BCUT2D eigenvalue weighted by Crippen LogP contribution is -2.25. The van der Waals surface area contributed by atoms with E-state index in [-0.39, 0.29) is 6.61 Å². The van der Waals surface area contributed by atoms with Crippen molar-refractivity contribution in [1.29, 1.82) is 0 Å². The first-order chi connectivity index (χ1) is 17.9. The number of carbonyl (C=O) groups excluding carboxylic acids is 1. The quantitative estimate of drug-likeness (QED) is 0.305. The third kappa shape index (κ3) is 5.41. The molecular formula is C26H24N6O4S. The zero-order chi connectivity index (χ0) is 25.9.